The van der Waals surface area contributed by atoms with Crippen LogP contribution in [0.4, 0.5) is 48.3 Å². The number of hydrogen-bond acceptors (Lipinski definition) is 3. The molecular formula is C10H8F11NO3. The summed E-state index contributed by atoms with van der Waals surface area (Å²) in [4.78, 5) is 11.5. The summed E-state index contributed by atoms with van der Waals surface area (Å²) in [6, 6.07) is 0. The number of ether oxygens (including phenoxy) is 2. The molecule has 1 rings (SSSR count). The molecule has 148 valence electrons. The molecule has 15 heteroatoms. The van der Waals surface area contributed by atoms with Gasteiger partial charge in [0.15, 0.2) is 0 Å². The molecule has 0 aliphatic carbocycles. The summed E-state index contributed by atoms with van der Waals surface area (Å²) in [5.74, 6) is -16.2. The zero-order chi connectivity index (χ0) is 19.9. The van der Waals surface area contributed by atoms with Crippen LogP contribution in [-0.4, -0.2) is 67.3 Å². The standard InChI is InChI=1S/C10H8F11NO3/c11-6(8(14,15)16,5(23)22-1-3-24-4-2-22)25-10(20,21)7(12,13)9(17,18)19/h1-4H2/t6-/m1/s1. The molecule has 0 N–H and O–H groups in total. The van der Waals surface area contributed by atoms with Gasteiger partial charge in [0, 0.05) is 13.1 Å². The summed E-state index contributed by atoms with van der Waals surface area (Å²) in [6.45, 7) is -2.42. The molecule has 4 nitrogen and oxygen atoms in total. The number of rotatable bonds is 4. The van der Waals surface area contributed by atoms with Crippen LogP contribution in [0.25, 0.3) is 0 Å². The Bertz CT molecular complexity index is 497. The van der Waals surface area contributed by atoms with Crippen molar-refractivity contribution in [1.82, 2.24) is 4.90 Å². The van der Waals surface area contributed by atoms with Gasteiger partial charge in [-0.2, -0.15) is 48.3 Å². The quantitative estimate of drug-likeness (QED) is 0.683. The molecule has 1 aliphatic heterocycles. The fraction of sp³-hybridized carbons (Fsp3) is 0.900. The van der Waals surface area contributed by atoms with E-state index in [9.17, 15) is 53.1 Å². The first kappa shape index (κ1) is 21.7. The topological polar surface area (TPSA) is 38.8 Å². The molecule has 0 bridgehead atoms. The highest BCUT2D eigenvalue weighted by Gasteiger charge is 2.79. The van der Waals surface area contributed by atoms with Crippen molar-refractivity contribution < 1.29 is 62.6 Å². The number of carbonyl (C=O) groups excluding carboxylic acids is 1. The van der Waals surface area contributed by atoms with Gasteiger partial charge in [0.2, 0.25) is 0 Å². The molecular weight excluding hydrogens is 391 g/mol. The Morgan fingerprint density at radius 3 is 1.60 bits per heavy atom. The second-order valence-electron chi connectivity index (χ2n) is 4.69. The zero-order valence-electron chi connectivity index (χ0n) is 11.7. The first-order valence-electron chi connectivity index (χ1n) is 6.12. The predicted octanol–water partition coefficient (Wildman–Crippen LogP) is 2.88. The van der Waals surface area contributed by atoms with Gasteiger partial charge in [0.05, 0.1) is 13.2 Å². The maximum atomic E-state index is 13.9. The Labute approximate surface area is 131 Å². The lowest BCUT2D eigenvalue weighted by Crippen LogP contribution is -2.64. The van der Waals surface area contributed by atoms with Gasteiger partial charge in [-0.15, -0.1) is 0 Å². The van der Waals surface area contributed by atoms with E-state index in [2.05, 4.69) is 9.47 Å². The molecule has 1 aliphatic rings. The van der Waals surface area contributed by atoms with Crippen molar-refractivity contribution in [3.8, 4) is 0 Å². The van der Waals surface area contributed by atoms with Crippen LogP contribution in [0.5, 0.6) is 0 Å². The molecule has 0 radical (unpaired) electrons. The summed E-state index contributed by atoms with van der Waals surface area (Å²) < 4.78 is 146. The molecule has 0 aromatic carbocycles. The average molecular weight is 399 g/mol. The highest BCUT2D eigenvalue weighted by atomic mass is 19.4. The number of morpholine rings is 1. The second-order valence-corrected chi connectivity index (χ2v) is 4.69. The maximum Gasteiger partial charge on any atom is 0.462 e. The minimum absolute atomic E-state index is 0.0567. The van der Waals surface area contributed by atoms with E-state index < -0.39 is 62.4 Å². The van der Waals surface area contributed by atoms with Crippen LogP contribution >= 0.6 is 0 Å². The van der Waals surface area contributed by atoms with Crippen molar-refractivity contribution in [3.63, 3.8) is 0 Å². The van der Waals surface area contributed by atoms with Gasteiger partial charge in [-0.3, -0.25) is 9.53 Å². The summed E-state index contributed by atoms with van der Waals surface area (Å²) in [5, 5.41) is 0. The lowest BCUT2D eigenvalue weighted by atomic mass is 10.2. The molecule has 0 aromatic rings. The molecule has 25 heavy (non-hydrogen) atoms. The summed E-state index contributed by atoms with van der Waals surface area (Å²) in [6.07, 6.45) is -20.8. The number of amides is 1. The van der Waals surface area contributed by atoms with E-state index in [1.54, 1.807) is 0 Å². The number of carbonyl (C=O) groups is 1. The van der Waals surface area contributed by atoms with Crippen molar-refractivity contribution in [2.75, 3.05) is 26.3 Å². The molecule has 0 unspecified atom stereocenters. The third-order valence-electron chi connectivity index (χ3n) is 2.93. The van der Waals surface area contributed by atoms with Crippen molar-refractivity contribution >= 4 is 5.91 Å². The lowest BCUT2D eigenvalue weighted by molar-refractivity contribution is -0.473. The highest BCUT2D eigenvalue weighted by Crippen LogP contribution is 2.51. The van der Waals surface area contributed by atoms with Crippen LogP contribution < -0.4 is 0 Å². The Balaban J connectivity index is 3.25. The van der Waals surface area contributed by atoms with Crippen LogP contribution in [0, 0.1) is 0 Å². The van der Waals surface area contributed by atoms with Gasteiger partial charge in [0.1, 0.15) is 0 Å². The van der Waals surface area contributed by atoms with E-state index in [1.165, 1.54) is 0 Å². The van der Waals surface area contributed by atoms with Crippen molar-refractivity contribution in [1.29, 1.82) is 0 Å². The highest BCUT2D eigenvalue weighted by molar-refractivity contribution is 5.84. The second kappa shape index (κ2) is 6.41. The van der Waals surface area contributed by atoms with Gasteiger partial charge in [-0.25, -0.2) is 0 Å². The Hall–Kier alpha value is -1.38. The van der Waals surface area contributed by atoms with Gasteiger partial charge < -0.3 is 9.64 Å². The smallest absolute Gasteiger partial charge is 0.378 e. The zero-order valence-corrected chi connectivity index (χ0v) is 11.7. The van der Waals surface area contributed by atoms with E-state index in [0.717, 1.165) is 0 Å². The van der Waals surface area contributed by atoms with Crippen LogP contribution in [-0.2, 0) is 14.3 Å². The van der Waals surface area contributed by atoms with Crippen LogP contribution in [0.15, 0.2) is 0 Å². The largest absolute Gasteiger partial charge is 0.462 e. The third kappa shape index (κ3) is 3.91. The molecule has 0 saturated carbocycles. The summed E-state index contributed by atoms with van der Waals surface area (Å²) >= 11 is 0. The number of hydrogen-bond donors (Lipinski definition) is 0. The average Bonchev–Trinajstić information content (AvgIpc) is 2.44. The van der Waals surface area contributed by atoms with Crippen LogP contribution in [0.3, 0.4) is 0 Å². The summed E-state index contributed by atoms with van der Waals surface area (Å²) in [5.41, 5.74) is 0. The van der Waals surface area contributed by atoms with E-state index in [4.69, 9.17) is 0 Å². The van der Waals surface area contributed by atoms with Crippen molar-refractivity contribution in [3.05, 3.63) is 0 Å². The first-order valence-corrected chi connectivity index (χ1v) is 6.12. The SMILES string of the molecule is O=C(N1CCOCC1)[C@@](F)(OC(F)(F)C(F)(F)C(F)(F)F)C(F)(F)F. The Morgan fingerprint density at radius 1 is 0.800 bits per heavy atom. The van der Waals surface area contributed by atoms with E-state index in [0.29, 0.717) is 0 Å². The molecule has 1 atom stereocenters. The monoisotopic (exact) mass is 399 g/mol. The molecule has 1 amide bonds. The molecule has 1 fully saturated rings. The fourth-order valence-corrected chi connectivity index (χ4v) is 1.60. The van der Waals surface area contributed by atoms with Gasteiger partial charge in [-0.05, 0) is 0 Å². The Morgan fingerprint density at radius 2 is 1.24 bits per heavy atom. The van der Waals surface area contributed by atoms with Crippen molar-refractivity contribution in [2.24, 2.45) is 0 Å². The normalized spacial score (nSPS) is 20.4. The molecule has 0 aromatic heterocycles. The molecule has 0 spiro atoms. The molecule has 1 heterocycles. The van der Waals surface area contributed by atoms with E-state index in [-0.39, 0.29) is 4.90 Å². The summed E-state index contributed by atoms with van der Waals surface area (Å²) in [7, 11) is 0. The van der Waals surface area contributed by atoms with Crippen LogP contribution in [0.1, 0.15) is 0 Å². The van der Waals surface area contributed by atoms with E-state index >= 15 is 0 Å². The fourth-order valence-electron chi connectivity index (χ4n) is 1.60. The van der Waals surface area contributed by atoms with Gasteiger partial charge in [-0.1, -0.05) is 0 Å². The Kier molecular flexibility index (Phi) is 5.55. The van der Waals surface area contributed by atoms with Crippen LogP contribution in [0.2, 0.25) is 0 Å². The van der Waals surface area contributed by atoms with Crippen molar-refractivity contribution in [2.45, 2.75) is 30.2 Å². The predicted molar refractivity (Wildman–Crippen MR) is 54.3 cm³/mol. The first-order chi connectivity index (χ1) is 11.0. The minimum Gasteiger partial charge on any atom is -0.378 e. The maximum absolute atomic E-state index is 13.9. The number of nitrogens with zero attached hydrogens (tertiary/aromatic N) is 1. The molecule has 1 saturated heterocycles. The minimum atomic E-state index is -7.20. The lowest BCUT2D eigenvalue weighted by Gasteiger charge is -2.37. The van der Waals surface area contributed by atoms with Gasteiger partial charge in [0.25, 0.3) is 5.91 Å². The number of alkyl halides is 11. The third-order valence-corrected chi connectivity index (χ3v) is 2.93. The number of halogens is 11. The van der Waals surface area contributed by atoms with E-state index in [1.807, 2.05) is 0 Å². The van der Waals surface area contributed by atoms with Gasteiger partial charge >= 0.3 is 30.2 Å².